The molecule has 5 atom stereocenters. The zero-order valence-corrected chi connectivity index (χ0v) is 19.5. The maximum absolute atomic E-state index is 11.2. The van der Waals surface area contributed by atoms with Crippen LogP contribution in [0.3, 0.4) is 0 Å². The monoisotopic (exact) mass is 408 g/mol. The molecule has 0 radical (unpaired) electrons. The Balaban J connectivity index is 0.00000364. The normalized spacial score (nSPS) is 28.5. The standard InChI is InChI=1S/C19H30O6S.Na/c1-4-5-11-23-19-18(24-12-16-9-7-6-8-10-16)15(3)14(2)17(25-19)13-26(20,21)22;/h6-10,14-15,17-19H,4-5,11-13H2,1-3H3,(H,20,21,22);/q;+1/p-1/t14-,15-,17+,18+,19-;/m0./s1. The molecule has 0 saturated carbocycles. The van der Waals surface area contributed by atoms with Crippen LogP contribution in [0.25, 0.3) is 0 Å². The summed E-state index contributed by atoms with van der Waals surface area (Å²) in [6.45, 7) is 6.87. The van der Waals surface area contributed by atoms with Gasteiger partial charge in [-0.1, -0.05) is 57.5 Å². The van der Waals surface area contributed by atoms with Crippen molar-refractivity contribution < 1.29 is 56.7 Å². The van der Waals surface area contributed by atoms with Crippen LogP contribution in [0.5, 0.6) is 0 Å². The first-order chi connectivity index (χ1) is 12.3. The van der Waals surface area contributed by atoms with Crippen LogP contribution in [0.1, 0.15) is 39.2 Å². The minimum absolute atomic E-state index is 0. The summed E-state index contributed by atoms with van der Waals surface area (Å²) in [4.78, 5) is 0. The summed E-state index contributed by atoms with van der Waals surface area (Å²) < 4.78 is 51.4. The van der Waals surface area contributed by atoms with Gasteiger partial charge in [0, 0.05) is 6.61 Å². The summed E-state index contributed by atoms with van der Waals surface area (Å²) >= 11 is 0. The molecule has 2 rings (SSSR count). The summed E-state index contributed by atoms with van der Waals surface area (Å²) in [5.74, 6) is -0.686. The molecule has 0 bridgehead atoms. The van der Waals surface area contributed by atoms with Gasteiger partial charge < -0.3 is 18.8 Å². The van der Waals surface area contributed by atoms with Crippen LogP contribution >= 0.6 is 0 Å². The van der Waals surface area contributed by atoms with Crippen LogP contribution < -0.4 is 29.6 Å². The van der Waals surface area contributed by atoms with E-state index in [1.54, 1.807) is 0 Å². The number of ether oxygens (including phenoxy) is 3. The van der Waals surface area contributed by atoms with Crippen molar-refractivity contribution in [2.24, 2.45) is 11.8 Å². The fraction of sp³-hybridized carbons (Fsp3) is 0.684. The Hall–Kier alpha value is 0.01000. The van der Waals surface area contributed by atoms with Gasteiger partial charge in [0.1, 0.15) is 6.10 Å². The minimum atomic E-state index is -4.37. The smallest absolute Gasteiger partial charge is 0.748 e. The Morgan fingerprint density at radius 1 is 1.11 bits per heavy atom. The number of rotatable bonds is 9. The molecule has 0 unspecified atom stereocenters. The van der Waals surface area contributed by atoms with Crippen LogP contribution in [0, 0.1) is 11.8 Å². The second-order valence-corrected chi connectivity index (χ2v) is 8.42. The van der Waals surface area contributed by atoms with Crippen molar-refractivity contribution in [1.29, 1.82) is 0 Å². The Bertz CT molecular complexity index is 639. The van der Waals surface area contributed by atoms with E-state index in [2.05, 4.69) is 6.92 Å². The molecule has 27 heavy (non-hydrogen) atoms. The Morgan fingerprint density at radius 3 is 2.37 bits per heavy atom. The second-order valence-electron chi connectivity index (χ2n) is 6.97. The zero-order valence-electron chi connectivity index (χ0n) is 16.7. The van der Waals surface area contributed by atoms with Crippen molar-refractivity contribution in [2.75, 3.05) is 12.4 Å². The van der Waals surface area contributed by atoms with E-state index in [0.717, 1.165) is 18.4 Å². The molecule has 8 heteroatoms. The maximum atomic E-state index is 11.2. The van der Waals surface area contributed by atoms with Crippen molar-refractivity contribution in [1.82, 2.24) is 0 Å². The molecule has 0 aliphatic carbocycles. The second kappa shape index (κ2) is 11.9. The molecule has 0 amide bonds. The van der Waals surface area contributed by atoms with Crippen LogP contribution in [0.4, 0.5) is 0 Å². The quantitative estimate of drug-likeness (QED) is 0.323. The fourth-order valence-electron chi connectivity index (χ4n) is 3.13. The van der Waals surface area contributed by atoms with E-state index in [1.807, 2.05) is 44.2 Å². The van der Waals surface area contributed by atoms with Gasteiger partial charge in [0.05, 0.1) is 28.6 Å². The Morgan fingerprint density at radius 2 is 1.78 bits per heavy atom. The maximum Gasteiger partial charge on any atom is 1.00 e. The van der Waals surface area contributed by atoms with Gasteiger partial charge >= 0.3 is 29.6 Å². The van der Waals surface area contributed by atoms with Gasteiger partial charge in [0.2, 0.25) is 0 Å². The summed E-state index contributed by atoms with van der Waals surface area (Å²) in [7, 11) is -4.37. The summed E-state index contributed by atoms with van der Waals surface area (Å²) in [5, 5.41) is 0. The first-order valence-electron chi connectivity index (χ1n) is 9.18. The zero-order chi connectivity index (χ0) is 19.2. The molecule has 6 nitrogen and oxygen atoms in total. The molecule has 1 fully saturated rings. The Kier molecular flexibility index (Phi) is 11.0. The van der Waals surface area contributed by atoms with Gasteiger partial charge in [-0.05, 0) is 23.8 Å². The van der Waals surface area contributed by atoms with Crippen LogP contribution in [0.2, 0.25) is 0 Å². The van der Waals surface area contributed by atoms with Gasteiger partial charge in [-0.25, -0.2) is 8.42 Å². The Labute approximate surface area is 185 Å². The molecule has 1 heterocycles. The van der Waals surface area contributed by atoms with E-state index in [0.29, 0.717) is 13.2 Å². The van der Waals surface area contributed by atoms with E-state index >= 15 is 0 Å². The van der Waals surface area contributed by atoms with Crippen molar-refractivity contribution in [3.8, 4) is 0 Å². The third kappa shape index (κ3) is 8.11. The fourth-order valence-corrected chi connectivity index (χ4v) is 3.91. The molecule has 0 N–H and O–H groups in total. The number of unbranched alkanes of at least 4 members (excludes halogenated alkanes) is 1. The molecular weight excluding hydrogens is 379 g/mol. The third-order valence-corrected chi connectivity index (χ3v) is 5.68. The van der Waals surface area contributed by atoms with Gasteiger partial charge in [0.25, 0.3) is 0 Å². The molecule has 1 saturated heterocycles. The van der Waals surface area contributed by atoms with Gasteiger partial charge in [-0.2, -0.15) is 0 Å². The summed E-state index contributed by atoms with van der Waals surface area (Å²) in [5.41, 5.74) is 1.05. The predicted molar refractivity (Wildman–Crippen MR) is 97.4 cm³/mol. The minimum Gasteiger partial charge on any atom is -0.748 e. The average Bonchev–Trinajstić information content (AvgIpc) is 2.59. The van der Waals surface area contributed by atoms with Crippen LogP contribution in [-0.2, 0) is 30.9 Å². The van der Waals surface area contributed by atoms with E-state index in [4.69, 9.17) is 14.2 Å². The first kappa shape index (κ1) is 25.0. The van der Waals surface area contributed by atoms with Crippen molar-refractivity contribution in [3.63, 3.8) is 0 Å². The van der Waals surface area contributed by atoms with Gasteiger partial charge in [-0.15, -0.1) is 0 Å². The molecule has 1 aromatic carbocycles. The van der Waals surface area contributed by atoms with E-state index < -0.39 is 28.3 Å². The largest absolute Gasteiger partial charge is 1.00 e. The molecule has 1 aliphatic rings. The molecule has 148 valence electrons. The van der Waals surface area contributed by atoms with Crippen molar-refractivity contribution >= 4 is 10.1 Å². The van der Waals surface area contributed by atoms with E-state index in [-0.39, 0.29) is 47.5 Å². The average molecular weight is 408 g/mol. The van der Waals surface area contributed by atoms with Crippen LogP contribution in [-0.4, -0.2) is 43.8 Å². The number of benzene rings is 1. The molecule has 0 aromatic heterocycles. The summed E-state index contributed by atoms with van der Waals surface area (Å²) in [6, 6.07) is 9.82. The number of hydrogen-bond acceptors (Lipinski definition) is 6. The third-order valence-electron chi connectivity index (χ3n) is 4.94. The first-order valence-corrected chi connectivity index (χ1v) is 10.8. The van der Waals surface area contributed by atoms with E-state index in [9.17, 15) is 13.0 Å². The van der Waals surface area contributed by atoms with Gasteiger partial charge in [-0.3, -0.25) is 0 Å². The van der Waals surface area contributed by atoms with Gasteiger partial charge in [0.15, 0.2) is 6.29 Å². The molecule has 1 aromatic rings. The molecule has 1 aliphatic heterocycles. The van der Waals surface area contributed by atoms with E-state index in [1.165, 1.54) is 0 Å². The van der Waals surface area contributed by atoms with Crippen molar-refractivity contribution in [3.05, 3.63) is 35.9 Å². The SMILES string of the molecule is CCCCO[C@H]1O[C@H](CS(=O)(=O)[O-])[C@@H](C)[C@H](C)[C@H]1OCc1ccccc1.[Na+]. The summed E-state index contributed by atoms with van der Waals surface area (Å²) in [6.07, 6.45) is 0.165. The predicted octanol–water partition coefficient (Wildman–Crippen LogP) is -0.0652. The topological polar surface area (TPSA) is 84.9 Å². The molecular formula is C19H29NaO6S. The molecule has 0 spiro atoms. The van der Waals surface area contributed by atoms with Crippen molar-refractivity contribution in [2.45, 2.75) is 58.7 Å². The number of hydrogen-bond donors (Lipinski definition) is 0. The van der Waals surface area contributed by atoms with Crippen LogP contribution in [0.15, 0.2) is 30.3 Å².